The van der Waals surface area contributed by atoms with Crippen LogP contribution in [0, 0.1) is 0 Å². The van der Waals surface area contributed by atoms with Gasteiger partial charge in [0.1, 0.15) is 11.3 Å². The molecule has 2 aromatic carbocycles. The van der Waals surface area contributed by atoms with Crippen molar-refractivity contribution in [2.75, 3.05) is 14.2 Å². The molecule has 0 fully saturated rings. The number of imidazole rings is 1. The van der Waals surface area contributed by atoms with Gasteiger partial charge in [-0.25, -0.2) is 9.78 Å². The first kappa shape index (κ1) is 15.6. The summed E-state index contributed by atoms with van der Waals surface area (Å²) in [4.78, 5) is 19.4. The predicted molar refractivity (Wildman–Crippen MR) is 91.0 cm³/mol. The lowest BCUT2D eigenvalue weighted by Crippen LogP contribution is -2.01. The lowest BCUT2D eigenvalue weighted by molar-refractivity contribution is 0.0603. The number of hydrogen-bond acceptors (Lipinski definition) is 5. The number of carbonyl (C=O) groups is 1. The maximum Gasteiger partial charge on any atom is 0.340 e. The largest absolute Gasteiger partial charge is 0.504 e. The Labute approximate surface area is 138 Å². The molecule has 3 aromatic rings. The number of esters is 1. The number of nitrogens with one attached hydrogen (secondary N) is 1. The Hall–Kier alpha value is -3.28. The number of carbonyl (C=O) groups excluding carboxylic acids is 1. The second kappa shape index (κ2) is 6.45. The molecule has 0 aliphatic carbocycles. The zero-order valence-corrected chi connectivity index (χ0v) is 13.2. The van der Waals surface area contributed by atoms with Gasteiger partial charge in [-0.2, -0.15) is 0 Å². The Bertz CT molecular complexity index is 928. The minimum Gasteiger partial charge on any atom is -0.504 e. The van der Waals surface area contributed by atoms with E-state index >= 15 is 0 Å². The fourth-order valence-electron chi connectivity index (χ4n) is 2.38. The minimum atomic E-state index is -0.425. The number of para-hydroxylation sites is 1. The van der Waals surface area contributed by atoms with Gasteiger partial charge in [0.2, 0.25) is 0 Å². The third-order valence-electron chi connectivity index (χ3n) is 3.57. The highest BCUT2D eigenvalue weighted by atomic mass is 16.5. The van der Waals surface area contributed by atoms with E-state index in [1.54, 1.807) is 36.4 Å². The van der Waals surface area contributed by atoms with Crippen molar-refractivity contribution in [3.05, 3.63) is 53.3 Å². The van der Waals surface area contributed by atoms with Crippen LogP contribution in [0.1, 0.15) is 21.7 Å². The van der Waals surface area contributed by atoms with Crippen molar-refractivity contribution >= 4 is 29.2 Å². The first-order valence-electron chi connectivity index (χ1n) is 7.24. The smallest absolute Gasteiger partial charge is 0.340 e. The standard InChI is InChI=1S/C18H16N2O4/c1-23-15-10-11(6-8-14(15)21)7-9-16-19-13-5-3-4-12(17(13)20-16)18(22)24-2/h3-10,21H,1-2H3,(H,19,20)/b9-7+. The summed E-state index contributed by atoms with van der Waals surface area (Å²) >= 11 is 0. The number of aromatic hydroxyl groups is 1. The average molecular weight is 324 g/mol. The first-order chi connectivity index (χ1) is 11.6. The molecule has 24 heavy (non-hydrogen) atoms. The molecule has 0 aliphatic heterocycles. The number of phenolic OH excluding ortho intramolecular Hbond substituents is 1. The Morgan fingerprint density at radius 3 is 2.79 bits per heavy atom. The van der Waals surface area contributed by atoms with Crippen LogP contribution in [0.4, 0.5) is 0 Å². The molecule has 0 bridgehead atoms. The molecule has 1 aromatic heterocycles. The number of nitrogens with zero attached hydrogens (tertiary/aromatic N) is 1. The number of rotatable bonds is 4. The molecule has 0 unspecified atom stereocenters. The van der Waals surface area contributed by atoms with Gasteiger partial charge in [0.15, 0.2) is 11.5 Å². The molecule has 122 valence electrons. The van der Waals surface area contributed by atoms with Gasteiger partial charge in [-0.05, 0) is 35.9 Å². The second-order valence-electron chi connectivity index (χ2n) is 5.08. The van der Waals surface area contributed by atoms with E-state index < -0.39 is 5.97 Å². The number of benzene rings is 2. The fourth-order valence-corrected chi connectivity index (χ4v) is 2.38. The molecular weight excluding hydrogens is 308 g/mol. The molecule has 0 amide bonds. The van der Waals surface area contributed by atoms with Crippen molar-refractivity contribution in [1.82, 2.24) is 9.97 Å². The number of ether oxygens (including phenoxy) is 2. The normalized spacial score (nSPS) is 11.1. The molecule has 1 heterocycles. The molecule has 6 nitrogen and oxygen atoms in total. The summed E-state index contributed by atoms with van der Waals surface area (Å²) in [6.45, 7) is 0. The van der Waals surface area contributed by atoms with E-state index in [2.05, 4.69) is 9.97 Å². The van der Waals surface area contributed by atoms with Crippen LogP contribution in [0.5, 0.6) is 11.5 Å². The molecular formula is C18H16N2O4. The highest BCUT2D eigenvalue weighted by Crippen LogP contribution is 2.27. The molecule has 2 N–H and O–H groups in total. The Balaban J connectivity index is 1.94. The van der Waals surface area contributed by atoms with Crippen LogP contribution in [0.3, 0.4) is 0 Å². The molecule has 0 aliphatic rings. The summed E-state index contributed by atoms with van der Waals surface area (Å²) in [5, 5.41) is 9.61. The third-order valence-corrected chi connectivity index (χ3v) is 3.57. The SMILES string of the molecule is COC(=O)c1cccc2[nH]c(/C=C/c3ccc(O)c(OC)c3)nc12. The Kier molecular flexibility index (Phi) is 4.20. The van der Waals surface area contributed by atoms with Crippen molar-refractivity contribution in [3.8, 4) is 11.5 Å². The van der Waals surface area contributed by atoms with Crippen LogP contribution in [0.15, 0.2) is 36.4 Å². The zero-order chi connectivity index (χ0) is 17.1. The van der Waals surface area contributed by atoms with E-state index in [1.807, 2.05) is 12.1 Å². The second-order valence-corrected chi connectivity index (χ2v) is 5.08. The summed E-state index contributed by atoms with van der Waals surface area (Å²) < 4.78 is 9.85. The Morgan fingerprint density at radius 2 is 2.04 bits per heavy atom. The van der Waals surface area contributed by atoms with Crippen LogP contribution >= 0.6 is 0 Å². The van der Waals surface area contributed by atoms with E-state index in [9.17, 15) is 9.90 Å². The lowest BCUT2D eigenvalue weighted by atomic mass is 10.2. The molecule has 0 saturated heterocycles. The van der Waals surface area contributed by atoms with Crippen molar-refractivity contribution in [2.45, 2.75) is 0 Å². The highest BCUT2D eigenvalue weighted by Gasteiger charge is 2.13. The van der Waals surface area contributed by atoms with E-state index in [-0.39, 0.29) is 5.75 Å². The van der Waals surface area contributed by atoms with Crippen molar-refractivity contribution in [1.29, 1.82) is 0 Å². The summed E-state index contributed by atoms with van der Waals surface area (Å²) in [6, 6.07) is 10.3. The van der Waals surface area contributed by atoms with Crippen LogP contribution in [-0.2, 0) is 4.74 Å². The van der Waals surface area contributed by atoms with Crippen LogP contribution in [0.2, 0.25) is 0 Å². The van der Waals surface area contributed by atoms with Crippen molar-refractivity contribution < 1.29 is 19.4 Å². The monoisotopic (exact) mass is 324 g/mol. The van der Waals surface area contributed by atoms with Crippen LogP contribution in [-0.4, -0.2) is 35.3 Å². The summed E-state index contributed by atoms with van der Waals surface area (Å²) in [6.07, 6.45) is 3.62. The van der Waals surface area contributed by atoms with Gasteiger partial charge >= 0.3 is 5.97 Å². The molecule has 0 atom stereocenters. The fraction of sp³-hybridized carbons (Fsp3) is 0.111. The molecule has 6 heteroatoms. The zero-order valence-electron chi connectivity index (χ0n) is 13.2. The van der Waals surface area contributed by atoms with E-state index in [0.29, 0.717) is 22.7 Å². The summed E-state index contributed by atoms with van der Waals surface area (Å²) in [5.74, 6) is 0.662. The van der Waals surface area contributed by atoms with Crippen molar-refractivity contribution in [3.63, 3.8) is 0 Å². The van der Waals surface area contributed by atoms with E-state index in [4.69, 9.17) is 9.47 Å². The third kappa shape index (κ3) is 2.94. The van der Waals surface area contributed by atoms with E-state index in [1.165, 1.54) is 14.2 Å². The number of phenols is 1. The number of aromatic nitrogens is 2. The Morgan fingerprint density at radius 1 is 1.21 bits per heavy atom. The summed E-state index contributed by atoms with van der Waals surface area (Å²) in [7, 11) is 2.84. The maximum atomic E-state index is 11.8. The predicted octanol–water partition coefficient (Wildman–Crippen LogP) is 3.23. The number of H-pyrrole nitrogens is 1. The number of fused-ring (bicyclic) bond motifs is 1. The van der Waals surface area contributed by atoms with Crippen LogP contribution < -0.4 is 4.74 Å². The van der Waals surface area contributed by atoms with Gasteiger partial charge in [0.05, 0.1) is 25.3 Å². The number of methoxy groups -OCH3 is 2. The number of hydrogen-bond donors (Lipinski definition) is 2. The van der Waals surface area contributed by atoms with Gasteiger partial charge in [-0.3, -0.25) is 0 Å². The lowest BCUT2D eigenvalue weighted by Gasteiger charge is -2.03. The average Bonchev–Trinajstić information content (AvgIpc) is 3.03. The van der Waals surface area contributed by atoms with Gasteiger partial charge in [-0.15, -0.1) is 0 Å². The van der Waals surface area contributed by atoms with E-state index in [0.717, 1.165) is 11.1 Å². The molecule has 0 spiro atoms. The summed E-state index contributed by atoms with van der Waals surface area (Å²) in [5.41, 5.74) is 2.57. The quantitative estimate of drug-likeness (QED) is 0.720. The molecule has 3 rings (SSSR count). The van der Waals surface area contributed by atoms with Crippen molar-refractivity contribution in [2.24, 2.45) is 0 Å². The topological polar surface area (TPSA) is 84.4 Å². The minimum absolute atomic E-state index is 0.0844. The van der Waals surface area contributed by atoms with Crippen LogP contribution in [0.25, 0.3) is 23.2 Å². The number of aromatic amines is 1. The molecule has 0 radical (unpaired) electrons. The van der Waals surface area contributed by atoms with Gasteiger partial charge in [0, 0.05) is 0 Å². The molecule has 0 saturated carbocycles. The first-order valence-corrected chi connectivity index (χ1v) is 7.24. The highest BCUT2D eigenvalue weighted by molar-refractivity contribution is 6.02. The van der Waals surface area contributed by atoms with Gasteiger partial charge < -0.3 is 19.6 Å². The van der Waals surface area contributed by atoms with Gasteiger partial charge in [-0.1, -0.05) is 18.2 Å². The maximum absolute atomic E-state index is 11.8. The van der Waals surface area contributed by atoms with Gasteiger partial charge in [0.25, 0.3) is 0 Å².